The van der Waals surface area contributed by atoms with Crippen LogP contribution in [0.5, 0.6) is 11.5 Å². The Labute approximate surface area is 139 Å². The molecule has 0 radical (unpaired) electrons. The van der Waals surface area contributed by atoms with E-state index in [1.165, 1.54) is 40.7 Å². The largest absolute Gasteiger partial charge is 0.457 e. The fourth-order valence-corrected chi connectivity index (χ4v) is 3.44. The normalized spacial score (nSPS) is 15.7. The van der Waals surface area contributed by atoms with Crippen molar-refractivity contribution in [1.29, 1.82) is 0 Å². The summed E-state index contributed by atoms with van der Waals surface area (Å²) in [5, 5.41) is 3.44. The van der Waals surface area contributed by atoms with Gasteiger partial charge in [0.1, 0.15) is 11.5 Å². The maximum Gasteiger partial charge on any atom is 0.130 e. The Hall–Kier alpha value is -1.80. The van der Waals surface area contributed by atoms with Crippen LogP contribution in [0.4, 0.5) is 0 Å². The van der Waals surface area contributed by atoms with E-state index in [1.807, 2.05) is 0 Å². The first kappa shape index (κ1) is 16.1. The molecule has 0 amide bonds. The summed E-state index contributed by atoms with van der Waals surface area (Å²) in [4.78, 5) is 0. The predicted molar refractivity (Wildman–Crippen MR) is 96.8 cm³/mol. The van der Waals surface area contributed by atoms with E-state index in [2.05, 4.69) is 63.3 Å². The summed E-state index contributed by atoms with van der Waals surface area (Å²) in [6.07, 6.45) is 2.37. The van der Waals surface area contributed by atoms with Gasteiger partial charge in [0.25, 0.3) is 0 Å². The zero-order valence-electron chi connectivity index (χ0n) is 14.7. The van der Waals surface area contributed by atoms with E-state index in [0.29, 0.717) is 5.92 Å². The number of hydrogen-bond acceptors (Lipinski definition) is 2. The monoisotopic (exact) mass is 309 g/mol. The lowest BCUT2D eigenvalue weighted by atomic mass is 9.89. The Morgan fingerprint density at radius 1 is 0.870 bits per heavy atom. The van der Waals surface area contributed by atoms with Gasteiger partial charge in [-0.1, -0.05) is 18.2 Å². The molecular weight excluding hydrogens is 282 g/mol. The topological polar surface area (TPSA) is 21.3 Å². The number of piperidine rings is 1. The van der Waals surface area contributed by atoms with Crippen molar-refractivity contribution in [2.24, 2.45) is 0 Å². The van der Waals surface area contributed by atoms with Gasteiger partial charge in [-0.25, -0.2) is 0 Å². The van der Waals surface area contributed by atoms with Gasteiger partial charge in [-0.2, -0.15) is 0 Å². The molecule has 0 spiro atoms. The number of rotatable bonds is 3. The third-order valence-corrected chi connectivity index (χ3v) is 5.35. The molecule has 1 heterocycles. The Kier molecular flexibility index (Phi) is 4.72. The molecule has 1 aliphatic rings. The van der Waals surface area contributed by atoms with Crippen molar-refractivity contribution in [1.82, 2.24) is 5.32 Å². The summed E-state index contributed by atoms with van der Waals surface area (Å²) in [5.41, 5.74) is 6.58. The van der Waals surface area contributed by atoms with Crippen molar-refractivity contribution in [3.8, 4) is 11.5 Å². The number of para-hydroxylation sites is 1. The van der Waals surface area contributed by atoms with Crippen LogP contribution >= 0.6 is 0 Å². The van der Waals surface area contributed by atoms with Crippen LogP contribution in [0.1, 0.15) is 46.6 Å². The molecule has 1 saturated heterocycles. The van der Waals surface area contributed by atoms with E-state index in [9.17, 15) is 0 Å². The molecule has 122 valence electrons. The van der Waals surface area contributed by atoms with E-state index in [-0.39, 0.29) is 0 Å². The quantitative estimate of drug-likeness (QED) is 0.843. The van der Waals surface area contributed by atoms with Gasteiger partial charge in [0, 0.05) is 0 Å². The minimum Gasteiger partial charge on any atom is -0.457 e. The maximum atomic E-state index is 6.39. The number of aryl methyl sites for hydroxylation is 1. The van der Waals surface area contributed by atoms with Gasteiger partial charge in [0.2, 0.25) is 0 Å². The summed E-state index contributed by atoms with van der Waals surface area (Å²) in [7, 11) is 0. The molecule has 3 rings (SSSR count). The summed E-state index contributed by atoms with van der Waals surface area (Å²) in [5.74, 6) is 2.61. The van der Waals surface area contributed by atoms with E-state index < -0.39 is 0 Å². The molecule has 1 aliphatic heterocycles. The lowest BCUT2D eigenvalue weighted by Crippen LogP contribution is -2.26. The van der Waals surface area contributed by atoms with Gasteiger partial charge in [-0.05, 0) is 99.5 Å². The van der Waals surface area contributed by atoms with Crippen LogP contribution in [0, 0.1) is 27.7 Å². The van der Waals surface area contributed by atoms with Crippen LogP contribution in [0.3, 0.4) is 0 Å². The average molecular weight is 309 g/mol. The summed E-state index contributed by atoms with van der Waals surface area (Å²) < 4.78 is 6.39. The fraction of sp³-hybridized carbons (Fsp3) is 0.429. The highest BCUT2D eigenvalue weighted by Crippen LogP contribution is 2.37. The van der Waals surface area contributed by atoms with Crippen LogP contribution in [-0.2, 0) is 0 Å². The average Bonchev–Trinajstić information content (AvgIpc) is 2.59. The molecule has 0 bridgehead atoms. The van der Waals surface area contributed by atoms with Gasteiger partial charge >= 0.3 is 0 Å². The van der Waals surface area contributed by atoms with Gasteiger partial charge in [0.15, 0.2) is 0 Å². The van der Waals surface area contributed by atoms with Gasteiger partial charge in [-0.15, -0.1) is 0 Å². The molecule has 2 nitrogen and oxygen atoms in total. The first-order chi connectivity index (χ1) is 11.1. The standard InChI is InChI=1S/C21H27NO/c1-14-13-21(17(4)16(3)15(14)2)23-20-8-6-5-7-19(20)18-9-11-22-12-10-18/h5-8,13,18,22H,9-12H2,1-4H3. The fourth-order valence-electron chi connectivity index (χ4n) is 3.44. The zero-order chi connectivity index (χ0) is 16.4. The highest BCUT2D eigenvalue weighted by atomic mass is 16.5. The van der Waals surface area contributed by atoms with Crippen molar-refractivity contribution in [2.75, 3.05) is 13.1 Å². The first-order valence-electron chi connectivity index (χ1n) is 8.63. The molecule has 0 atom stereocenters. The molecule has 2 heteroatoms. The minimum atomic E-state index is 0.598. The lowest BCUT2D eigenvalue weighted by Gasteiger charge is -2.25. The third-order valence-electron chi connectivity index (χ3n) is 5.35. The highest BCUT2D eigenvalue weighted by Gasteiger charge is 2.19. The Morgan fingerprint density at radius 3 is 2.30 bits per heavy atom. The van der Waals surface area contributed by atoms with Crippen molar-refractivity contribution in [3.63, 3.8) is 0 Å². The summed E-state index contributed by atoms with van der Waals surface area (Å²) in [6, 6.07) is 10.7. The highest BCUT2D eigenvalue weighted by molar-refractivity contribution is 5.50. The van der Waals surface area contributed by atoms with Crippen molar-refractivity contribution in [2.45, 2.75) is 46.5 Å². The van der Waals surface area contributed by atoms with Crippen LogP contribution in [-0.4, -0.2) is 13.1 Å². The molecule has 0 saturated carbocycles. The molecule has 23 heavy (non-hydrogen) atoms. The van der Waals surface area contributed by atoms with Crippen molar-refractivity contribution >= 4 is 0 Å². The second kappa shape index (κ2) is 6.76. The second-order valence-electron chi connectivity index (χ2n) is 6.73. The number of benzene rings is 2. The van der Waals surface area contributed by atoms with Crippen molar-refractivity contribution in [3.05, 3.63) is 58.1 Å². The van der Waals surface area contributed by atoms with E-state index in [0.717, 1.165) is 24.6 Å². The molecule has 0 aliphatic carbocycles. The third kappa shape index (κ3) is 3.28. The Bertz CT molecular complexity index is 699. The van der Waals surface area contributed by atoms with Crippen LogP contribution in [0.2, 0.25) is 0 Å². The van der Waals surface area contributed by atoms with Gasteiger partial charge < -0.3 is 10.1 Å². The first-order valence-corrected chi connectivity index (χ1v) is 8.63. The smallest absolute Gasteiger partial charge is 0.130 e. The second-order valence-corrected chi connectivity index (χ2v) is 6.73. The number of hydrogen-bond donors (Lipinski definition) is 1. The van der Waals surface area contributed by atoms with E-state index >= 15 is 0 Å². The molecule has 0 unspecified atom stereocenters. The van der Waals surface area contributed by atoms with Crippen LogP contribution in [0.15, 0.2) is 30.3 Å². The maximum absolute atomic E-state index is 6.39. The summed E-state index contributed by atoms with van der Waals surface area (Å²) >= 11 is 0. The molecule has 1 fully saturated rings. The van der Waals surface area contributed by atoms with Crippen LogP contribution < -0.4 is 10.1 Å². The molecular formula is C21H27NO. The predicted octanol–water partition coefficient (Wildman–Crippen LogP) is 5.18. The number of nitrogens with one attached hydrogen (secondary N) is 1. The Balaban J connectivity index is 1.95. The zero-order valence-corrected chi connectivity index (χ0v) is 14.7. The van der Waals surface area contributed by atoms with Gasteiger partial charge in [-0.3, -0.25) is 0 Å². The SMILES string of the molecule is Cc1cc(Oc2ccccc2C2CCNCC2)c(C)c(C)c1C. The Morgan fingerprint density at radius 2 is 1.57 bits per heavy atom. The number of ether oxygens (including phenoxy) is 1. The van der Waals surface area contributed by atoms with Crippen LogP contribution in [0.25, 0.3) is 0 Å². The minimum absolute atomic E-state index is 0.598. The van der Waals surface area contributed by atoms with E-state index in [1.54, 1.807) is 0 Å². The molecule has 2 aromatic rings. The molecule has 2 aromatic carbocycles. The molecule has 1 N–H and O–H groups in total. The molecule has 0 aromatic heterocycles. The summed E-state index contributed by atoms with van der Waals surface area (Å²) in [6.45, 7) is 10.9. The van der Waals surface area contributed by atoms with Gasteiger partial charge in [0.05, 0.1) is 0 Å². The van der Waals surface area contributed by atoms with Crippen molar-refractivity contribution < 1.29 is 4.74 Å². The lowest BCUT2D eigenvalue weighted by molar-refractivity contribution is 0.428. The van der Waals surface area contributed by atoms with E-state index in [4.69, 9.17) is 4.74 Å².